The van der Waals surface area contributed by atoms with Crippen LogP contribution in [0.3, 0.4) is 0 Å². The smallest absolute Gasteiger partial charge is 0.326 e. The zero-order valence-electron chi connectivity index (χ0n) is 10.3. The number of hydrogen-bond acceptors (Lipinski definition) is 4. The molecule has 0 aromatic rings. The molecule has 15 heavy (non-hydrogen) atoms. The van der Waals surface area contributed by atoms with Crippen molar-refractivity contribution in [3.63, 3.8) is 0 Å². The van der Waals surface area contributed by atoms with Gasteiger partial charge in [-0.15, -0.1) is 0 Å². The lowest BCUT2D eigenvalue weighted by Gasteiger charge is -2.06. The monoisotopic (exact) mass is 244 g/mol. The van der Waals surface area contributed by atoms with Gasteiger partial charge in [-0.3, -0.25) is 9.11 Å². The van der Waals surface area contributed by atoms with E-state index in [-0.39, 0.29) is 11.1 Å². The second-order valence-electron chi connectivity index (χ2n) is 5.18. The molecular weight excluding hydrogens is 220 g/mol. The Morgan fingerprint density at radius 2 is 0.800 bits per heavy atom. The molecule has 0 aliphatic heterocycles. The Labute approximate surface area is 92.6 Å². The van der Waals surface area contributed by atoms with Crippen LogP contribution in [0, 0.1) is 0 Å². The summed E-state index contributed by atoms with van der Waals surface area (Å²) in [6.45, 7) is 11.8. The van der Waals surface area contributed by atoms with Crippen LogP contribution in [-0.2, 0) is 10.4 Å². The van der Waals surface area contributed by atoms with Gasteiger partial charge >= 0.3 is 10.4 Å². The van der Waals surface area contributed by atoms with E-state index in [2.05, 4.69) is 0 Å². The van der Waals surface area contributed by atoms with Gasteiger partial charge in [0, 0.05) is 11.1 Å². The first-order valence-corrected chi connectivity index (χ1v) is 5.67. The highest BCUT2D eigenvalue weighted by atomic mass is 32.3. The van der Waals surface area contributed by atoms with E-state index >= 15 is 0 Å². The van der Waals surface area contributed by atoms with Gasteiger partial charge in [-0.2, -0.15) is 8.42 Å². The maximum atomic E-state index is 8.74. The van der Waals surface area contributed by atoms with Crippen LogP contribution in [0.15, 0.2) is 0 Å². The van der Waals surface area contributed by atoms with Crippen molar-refractivity contribution in [2.75, 3.05) is 0 Å². The van der Waals surface area contributed by atoms with Crippen molar-refractivity contribution in [2.24, 2.45) is 11.5 Å². The van der Waals surface area contributed by atoms with Gasteiger partial charge in [0.15, 0.2) is 0 Å². The van der Waals surface area contributed by atoms with Crippen LogP contribution in [0.2, 0.25) is 0 Å². The molecule has 7 heteroatoms. The standard InChI is InChI=1S/2C4H11N.H2O4S/c2*1-4(2,3)5;1-5(2,3)4/h2*5H2,1-3H3;(H2,1,2,3,4). The second-order valence-corrected chi connectivity index (χ2v) is 6.08. The normalized spacial score (nSPS) is 11.9. The Balaban J connectivity index is -0.000000144. The quantitative estimate of drug-likeness (QED) is 0.467. The molecule has 0 radical (unpaired) electrons. The van der Waals surface area contributed by atoms with Crippen molar-refractivity contribution in [3.8, 4) is 0 Å². The summed E-state index contributed by atoms with van der Waals surface area (Å²) < 4.78 is 31.6. The fourth-order valence-electron chi connectivity index (χ4n) is 0. The van der Waals surface area contributed by atoms with Gasteiger partial charge in [0.25, 0.3) is 0 Å². The van der Waals surface area contributed by atoms with Crippen molar-refractivity contribution in [2.45, 2.75) is 52.6 Å². The summed E-state index contributed by atoms with van der Waals surface area (Å²) in [4.78, 5) is 0. The molecule has 0 atom stereocenters. The largest absolute Gasteiger partial charge is 0.394 e. The molecular formula is C8H24N2O4S. The van der Waals surface area contributed by atoms with Gasteiger partial charge < -0.3 is 11.5 Å². The van der Waals surface area contributed by atoms with E-state index in [0.717, 1.165) is 0 Å². The lowest BCUT2D eigenvalue weighted by Crippen LogP contribution is -2.26. The zero-order chi connectivity index (χ0) is 13.5. The average molecular weight is 244 g/mol. The minimum Gasteiger partial charge on any atom is -0.326 e. The molecule has 6 N–H and O–H groups in total. The van der Waals surface area contributed by atoms with E-state index in [1.165, 1.54) is 0 Å². The van der Waals surface area contributed by atoms with Crippen LogP contribution in [0.4, 0.5) is 0 Å². The minimum absolute atomic E-state index is 0. The minimum atomic E-state index is -4.67. The highest BCUT2D eigenvalue weighted by Gasteiger charge is 1.96. The second kappa shape index (κ2) is 7.13. The Kier molecular flexibility index (Phi) is 9.61. The van der Waals surface area contributed by atoms with Gasteiger partial charge in [0.2, 0.25) is 0 Å². The Morgan fingerprint density at radius 1 is 0.800 bits per heavy atom. The van der Waals surface area contributed by atoms with Gasteiger partial charge in [0.1, 0.15) is 0 Å². The van der Waals surface area contributed by atoms with Gasteiger partial charge in [-0.25, -0.2) is 0 Å². The van der Waals surface area contributed by atoms with Gasteiger partial charge in [-0.1, -0.05) is 0 Å². The molecule has 0 saturated carbocycles. The van der Waals surface area contributed by atoms with E-state index in [4.69, 9.17) is 29.0 Å². The highest BCUT2D eigenvalue weighted by Crippen LogP contribution is 1.88. The van der Waals surface area contributed by atoms with Crippen molar-refractivity contribution in [3.05, 3.63) is 0 Å². The first-order chi connectivity index (χ1) is 6.00. The molecule has 0 aromatic heterocycles. The molecule has 0 heterocycles. The van der Waals surface area contributed by atoms with Crippen molar-refractivity contribution in [1.29, 1.82) is 0 Å². The van der Waals surface area contributed by atoms with Crippen LogP contribution in [-0.4, -0.2) is 28.6 Å². The van der Waals surface area contributed by atoms with Crippen LogP contribution in [0.5, 0.6) is 0 Å². The zero-order valence-corrected chi connectivity index (χ0v) is 11.1. The maximum absolute atomic E-state index is 8.74. The van der Waals surface area contributed by atoms with Crippen LogP contribution >= 0.6 is 0 Å². The van der Waals surface area contributed by atoms with E-state index < -0.39 is 10.4 Å². The van der Waals surface area contributed by atoms with E-state index in [1.54, 1.807) is 0 Å². The summed E-state index contributed by atoms with van der Waals surface area (Å²) in [6.07, 6.45) is 0. The lowest BCUT2D eigenvalue weighted by atomic mass is 10.1. The molecule has 0 unspecified atom stereocenters. The molecule has 0 aromatic carbocycles. The van der Waals surface area contributed by atoms with Crippen molar-refractivity contribution in [1.82, 2.24) is 0 Å². The van der Waals surface area contributed by atoms with Gasteiger partial charge in [0.05, 0.1) is 0 Å². The first kappa shape index (κ1) is 20.2. The SMILES string of the molecule is CC(C)(C)N.CC(C)(C)N.O=S(=O)(O)O. The molecule has 0 aliphatic rings. The van der Waals surface area contributed by atoms with Gasteiger partial charge in [-0.05, 0) is 41.5 Å². The molecule has 0 spiro atoms. The Hall–Kier alpha value is -0.210. The highest BCUT2D eigenvalue weighted by molar-refractivity contribution is 7.79. The predicted octanol–water partition coefficient (Wildman–Crippen LogP) is 0.834. The molecule has 0 bridgehead atoms. The molecule has 0 amide bonds. The third-order valence-electron chi connectivity index (χ3n) is 0. The Morgan fingerprint density at radius 3 is 0.800 bits per heavy atom. The van der Waals surface area contributed by atoms with E-state index in [0.29, 0.717) is 0 Å². The topological polar surface area (TPSA) is 127 Å². The molecule has 0 rings (SSSR count). The molecule has 0 fully saturated rings. The molecule has 0 saturated heterocycles. The summed E-state index contributed by atoms with van der Waals surface area (Å²) in [6, 6.07) is 0. The number of rotatable bonds is 0. The Bertz CT molecular complexity index is 204. The predicted molar refractivity (Wildman–Crippen MR) is 62.1 cm³/mol. The van der Waals surface area contributed by atoms with E-state index in [1.807, 2.05) is 41.5 Å². The summed E-state index contributed by atoms with van der Waals surface area (Å²) in [5.41, 5.74) is 10.7. The summed E-state index contributed by atoms with van der Waals surface area (Å²) in [5, 5.41) is 0. The van der Waals surface area contributed by atoms with Crippen molar-refractivity contribution >= 4 is 10.4 Å². The molecule has 96 valence electrons. The molecule has 6 nitrogen and oxygen atoms in total. The van der Waals surface area contributed by atoms with Crippen molar-refractivity contribution < 1.29 is 17.5 Å². The van der Waals surface area contributed by atoms with Crippen LogP contribution < -0.4 is 11.5 Å². The first-order valence-electron chi connectivity index (χ1n) is 4.28. The third kappa shape index (κ3) is 43500. The van der Waals surface area contributed by atoms with Crippen LogP contribution in [0.25, 0.3) is 0 Å². The number of hydrogen-bond donors (Lipinski definition) is 4. The average Bonchev–Trinajstić information content (AvgIpc) is 1.41. The fourth-order valence-corrected chi connectivity index (χ4v) is 0. The lowest BCUT2D eigenvalue weighted by molar-refractivity contribution is 0.381. The third-order valence-corrected chi connectivity index (χ3v) is 0. The maximum Gasteiger partial charge on any atom is 0.394 e. The summed E-state index contributed by atoms with van der Waals surface area (Å²) in [5.74, 6) is 0. The van der Waals surface area contributed by atoms with Crippen LogP contribution in [0.1, 0.15) is 41.5 Å². The van der Waals surface area contributed by atoms with E-state index in [9.17, 15) is 0 Å². The molecule has 0 aliphatic carbocycles. The summed E-state index contributed by atoms with van der Waals surface area (Å²) in [7, 11) is -4.67. The number of nitrogens with two attached hydrogens (primary N) is 2. The summed E-state index contributed by atoms with van der Waals surface area (Å²) >= 11 is 0. The fraction of sp³-hybridized carbons (Fsp3) is 1.00.